The summed E-state index contributed by atoms with van der Waals surface area (Å²) in [5.41, 5.74) is 0.945. The molecular formula is C18H19BrFNO2. The molecule has 0 aliphatic carbocycles. The van der Waals surface area contributed by atoms with Gasteiger partial charge in [0.15, 0.2) is 0 Å². The lowest BCUT2D eigenvalue weighted by molar-refractivity contribution is 0.0810. The second-order valence-electron chi connectivity index (χ2n) is 6.33. The molecule has 122 valence electrons. The van der Waals surface area contributed by atoms with Crippen LogP contribution in [-0.2, 0) is 0 Å². The predicted octanol–water partition coefficient (Wildman–Crippen LogP) is 5.46. The van der Waals surface area contributed by atoms with Crippen LogP contribution >= 0.6 is 15.9 Å². The average Bonchev–Trinajstić information content (AvgIpc) is 2.45. The number of hydrogen-bond donors (Lipinski definition) is 1. The Kier molecular flexibility index (Phi) is 5.09. The van der Waals surface area contributed by atoms with Crippen LogP contribution in [0.15, 0.2) is 53.0 Å². The van der Waals surface area contributed by atoms with Crippen molar-refractivity contribution in [2.45, 2.75) is 32.4 Å². The minimum Gasteiger partial charge on any atom is -0.465 e. The van der Waals surface area contributed by atoms with Crippen molar-refractivity contribution in [2.24, 2.45) is 0 Å². The van der Waals surface area contributed by atoms with E-state index in [0.717, 1.165) is 15.6 Å². The van der Waals surface area contributed by atoms with E-state index < -0.39 is 17.7 Å². The maximum atomic E-state index is 13.3. The standard InChI is InChI=1S/C18H19BrFNO2/c1-18(2,3)21(17(22)23)16(12-4-8-14(19)9-5-12)13-6-10-15(20)11-7-13/h4-11,16H,1-3H3,(H,22,23). The van der Waals surface area contributed by atoms with E-state index in [1.54, 1.807) is 12.1 Å². The van der Waals surface area contributed by atoms with Gasteiger partial charge in [0.2, 0.25) is 0 Å². The number of benzene rings is 2. The first-order valence-corrected chi connectivity index (χ1v) is 8.02. The van der Waals surface area contributed by atoms with Gasteiger partial charge in [-0.05, 0) is 56.2 Å². The van der Waals surface area contributed by atoms with Gasteiger partial charge in [-0.25, -0.2) is 9.18 Å². The molecule has 0 bridgehead atoms. The van der Waals surface area contributed by atoms with Crippen LogP contribution in [0.25, 0.3) is 0 Å². The van der Waals surface area contributed by atoms with E-state index in [-0.39, 0.29) is 5.82 Å². The Morgan fingerprint density at radius 2 is 1.48 bits per heavy atom. The first kappa shape index (κ1) is 17.5. The van der Waals surface area contributed by atoms with Gasteiger partial charge >= 0.3 is 6.09 Å². The van der Waals surface area contributed by atoms with Gasteiger partial charge in [-0.2, -0.15) is 0 Å². The van der Waals surface area contributed by atoms with Crippen molar-refractivity contribution in [3.05, 3.63) is 69.9 Å². The fraction of sp³-hybridized carbons (Fsp3) is 0.278. The molecule has 2 aromatic carbocycles. The smallest absolute Gasteiger partial charge is 0.408 e. The Morgan fingerprint density at radius 3 is 1.87 bits per heavy atom. The Labute approximate surface area is 143 Å². The van der Waals surface area contributed by atoms with Crippen molar-refractivity contribution in [2.75, 3.05) is 0 Å². The van der Waals surface area contributed by atoms with Crippen LogP contribution in [0.2, 0.25) is 0 Å². The number of nitrogens with zero attached hydrogens (tertiary/aromatic N) is 1. The van der Waals surface area contributed by atoms with Crippen LogP contribution in [0.4, 0.5) is 9.18 Å². The second kappa shape index (κ2) is 6.71. The van der Waals surface area contributed by atoms with Crippen LogP contribution in [0.5, 0.6) is 0 Å². The molecule has 0 aromatic heterocycles. The van der Waals surface area contributed by atoms with E-state index in [1.807, 2.05) is 45.0 Å². The zero-order chi connectivity index (χ0) is 17.2. The molecule has 1 amide bonds. The minimum atomic E-state index is -1.02. The summed E-state index contributed by atoms with van der Waals surface area (Å²) in [5.74, 6) is -0.346. The Morgan fingerprint density at radius 1 is 1.04 bits per heavy atom. The molecule has 1 N–H and O–H groups in total. The van der Waals surface area contributed by atoms with Gasteiger partial charge in [-0.15, -0.1) is 0 Å². The molecule has 2 aromatic rings. The lowest BCUT2D eigenvalue weighted by Gasteiger charge is -2.40. The molecule has 0 spiro atoms. The third kappa shape index (κ3) is 4.10. The monoisotopic (exact) mass is 379 g/mol. The molecule has 0 saturated heterocycles. The van der Waals surface area contributed by atoms with Crippen molar-refractivity contribution >= 4 is 22.0 Å². The van der Waals surface area contributed by atoms with Crippen molar-refractivity contribution in [3.8, 4) is 0 Å². The molecule has 5 heteroatoms. The molecule has 3 nitrogen and oxygen atoms in total. The Hall–Kier alpha value is -1.88. The van der Waals surface area contributed by atoms with E-state index in [4.69, 9.17) is 0 Å². The van der Waals surface area contributed by atoms with Gasteiger partial charge in [0.05, 0.1) is 6.04 Å². The molecule has 0 aliphatic heterocycles. The molecule has 23 heavy (non-hydrogen) atoms. The van der Waals surface area contributed by atoms with Gasteiger partial charge in [-0.3, -0.25) is 4.90 Å². The molecule has 0 aliphatic rings. The van der Waals surface area contributed by atoms with Crippen molar-refractivity contribution in [1.82, 2.24) is 4.90 Å². The zero-order valence-electron chi connectivity index (χ0n) is 13.3. The SMILES string of the molecule is CC(C)(C)N(C(=O)O)C(c1ccc(F)cc1)c1ccc(Br)cc1. The summed E-state index contributed by atoms with van der Waals surface area (Å²) in [6.07, 6.45) is -1.02. The summed E-state index contributed by atoms with van der Waals surface area (Å²) in [6.45, 7) is 5.53. The number of carbonyl (C=O) groups is 1. The van der Waals surface area contributed by atoms with Crippen LogP contribution < -0.4 is 0 Å². The lowest BCUT2D eigenvalue weighted by Crippen LogP contribution is -2.47. The number of amides is 1. The van der Waals surface area contributed by atoms with Gasteiger partial charge in [-0.1, -0.05) is 40.2 Å². The molecule has 0 saturated carbocycles. The third-order valence-electron chi connectivity index (χ3n) is 3.56. The fourth-order valence-electron chi connectivity index (χ4n) is 2.57. The molecule has 0 heterocycles. The van der Waals surface area contributed by atoms with Crippen molar-refractivity contribution in [3.63, 3.8) is 0 Å². The summed E-state index contributed by atoms with van der Waals surface area (Å²) in [5, 5.41) is 9.75. The highest BCUT2D eigenvalue weighted by molar-refractivity contribution is 9.10. The molecule has 0 radical (unpaired) electrons. The first-order valence-electron chi connectivity index (χ1n) is 7.23. The van der Waals surface area contributed by atoms with E-state index in [1.165, 1.54) is 17.0 Å². The molecular weight excluding hydrogens is 361 g/mol. The van der Waals surface area contributed by atoms with Crippen molar-refractivity contribution < 1.29 is 14.3 Å². The van der Waals surface area contributed by atoms with Crippen LogP contribution in [0.3, 0.4) is 0 Å². The average molecular weight is 380 g/mol. The van der Waals surface area contributed by atoms with Crippen LogP contribution in [0, 0.1) is 5.82 Å². The quantitative estimate of drug-likeness (QED) is 0.769. The number of halogens is 2. The van der Waals surface area contributed by atoms with Crippen LogP contribution in [-0.4, -0.2) is 21.6 Å². The summed E-state index contributed by atoms with van der Waals surface area (Å²) >= 11 is 3.39. The van der Waals surface area contributed by atoms with Gasteiger partial charge in [0.1, 0.15) is 5.82 Å². The normalized spacial score (nSPS) is 12.7. The van der Waals surface area contributed by atoms with E-state index >= 15 is 0 Å². The van der Waals surface area contributed by atoms with E-state index in [9.17, 15) is 14.3 Å². The molecule has 1 unspecified atom stereocenters. The van der Waals surface area contributed by atoms with Crippen LogP contribution in [0.1, 0.15) is 37.9 Å². The maximum Gasteiger partial charge on any atom is 0.408 e. The van der Waals surface area contributed by atoms with Gasteiger partial charge < -0.3 is 5.11 Å². The van der Waals surface area contributed by atoms with E-state index in [0.29, 0.717) is 0 Å². The highest BCUT2D eigenvalue weighted by atomic mass is 79.9. The predicted molar refractivity (Wildman–Crippen MR) is 92.0 cm³/mol. The third-order valence-corrected chi connectivity index (χ3v) is 4.09. The van der Waals surface area contributed by atoms with Gasteiger partial charge in [0, 0.05) is 10.0 Å². The van der Waals surface area contributed by atoms with E-state index in [2.05, 4.69) is 15.9 Å². The molecule has 2 rings (SSSR count). The summed E-state index contributed by atoms with van der Waals surface area (Å²) in [4.78, 5) is 13.3. The fourth-order valence-corrected chi connectivity index (χ4v) is 2.83. The maximum absolute atomic E-state index is 13.3. The first-order chi connectivity index (χ1) is 10.7. The molecule has 1 atom stereocenters. The van der Waals surface area contributed by atoms with Gasteiger partial charge in [0.25, 0.3) is 0 Å². The highest BCUT2D eigenvalue weighted by Gasteiger charge is 2.35. The number of rotatable bonds is 3. The van der Waals surface area contributed by atoms with Crippen molar-refractivity contribution in [1.29, 1.82) is 0 Å². The number of carboxylic acid groups (broad SMARTS) is 1. The number of hydrogen-bond acceptors (Lipinski definition) is 1. The Bertz CT molecular complexity index is 632. The lowest BCUT2D eigenvalue weighted by atomic mass is 9.93. The summed E-state index contributed by atoms with van der Waals surface area (Å²) < 4.78 is 14.2. The minimum absolute atomic E-state index is 0.346. The summed E-state index contributed by atoms with van der Waals surface area (Å²) in [7, 11) is 0. The highest BCUT2D eigenvalue weighted by Crippen LogP contribution is 2.34. The largest absolute Gasteiger partial charge is 0.465 e. The molecule has 0 fully saturated rings. The topological polar surface area (TPSA) is 40.5 Å². The Balaban J connectivity index is 2.60. The second-order valence-corrected chi connectivity index (χ2v) is 7.24. The zero-order valence-corrected chi connectivity index (χ0v) is 14.8. The summed E-state index contributed by atoms with van der Waals surface area (Å²) in [6, 6.07) is 12.9.